The average molecular weight is 323 g/mol. The Morgan fingerprint density at radius 1 is 1.00 bits per heavy atom. The van der Waals surface area contributed by atoms with E-state index in [1.165, 1.54) is 19.3 Å². The Kier molecular flexibility index (Phi) is 5.65. The molecular formula is C21H25NO2. The topological polar surface area (TPSA) is 29.5 Å². The number of nitrogens with zero attached hydrogens (tertiary/aromatic N) is 1. The summed E-state index contributed by atoms with van der Waals surface area (Å²) in [6.07, 6.45) is 3.77. The van der Waals surface area contributed by atoms with E-state index in [1.807, 2.05) is 42.5 Å². The number of hydrogen-bond donors (Lipinski definition) is 0. The maximum atomic E-state index is 13.2. The number of ether oxygens (including phenoxy) is 1. The lowest BCUT2D eigenvalue weighted by molar-refractivity contribution is 0.0925. The molecule has 0 saturated carbocycles. The molecule has 0 aromatic heterocycles. The minimum atomic E-state index is -0.113. The van der Waals surface area contributed by atoms with Crippen molar-refractivity contribution < 1.29 is 9.53 Å². The van der Waals surface area contributed by atoms with E-state index in [2.05, 4.69) is 17.0 Å². The molecule has 3 rings (SSSR count). The van der Waals surface area contributed by atoms with Gasteiger partial charge in [-0.3, -0.25) is 4.79 Å². The molecule has 3 heteroatoms. The highest BCUT2D eigenvalue weighted by atomic mass is 16.5. The summed E-state index contributed by atoms with van der Waals surface area (Å²) in [4.78, 5) is 15.6. The van der Waals surface area contributed by atoms with Gasteiger partial charge in [0.2, 0.25) is 0 Å². The Labute approximate surface area is 144 Å². The van der Waals surface area contributed by atoms with Gasteiger partial charge in [-0.15, -0.1) is 0 Å². The third-order valence-electron chi connectivity index (χ3n) is 4.78. The van der Waals surface area contributed by atoms with Crippen LogP contribution in [0.2, 0.25) is 0 Å². The molecule has 3 nitrogen and oxygen atoms in total. The van der Waals surface area contributed by atoms with Gasteiger partial charge in [-0.2, -0.15) is 0 Å². The van der Waals surface area contributed by atoms with Gasteiger partial charge in [0.25, 0.3) is 0 Å². The average Bonchev–Trinajstić information content (AvgIpc) is 2.67. The molecule has 1 aliphatic rings. The first-order valence-electron chi connectivity index (χ1n) is 8.73. The summed E-state index contributed by atoms with van der Waals surface area (Å²) < 4.78 is 5.20. The predicted molar refractivity (Wildman–Crippen MR) is 96.8 cm³/mol. The Hall–Kier alpha value is -2.13. The molecule has 1 atom stereocenters. The molecule has 24 heavy (non-hydrogen) atoms. The number of carbonyl (C=O) groups is 1. The summed E-state index contributed by atoms with van der Waals surface area (Å²) >= 11 is 0. The highest BCUT2D eigenvalue weighted by molar-refractivity contribution is 6.01. The zero-order valence-electron chi connectivity index (χ0n) is 14.3. The van der Waals surface area contributed by atoms with Crippen LogP contribution in [0.5, 0.6) is 5.75 Å². The summed E-state index contributed by atoms with van der Waals surface area (Å²) in [5.74, 6) is 0.853. The van der Waals surface area contributed by atoms with Crippen molar-refractivity contribution in [3.05, 3.63) is 65.7 Å². The summed E-state index contributed by atoms with van der Waals surface area (Å²) in [7, 11) is 1.64. The number of benzene rings is 2. The highest BCUT2D eigenvalue weighted by Crippen LogP contribution is 2.25. The molecule has 1 aliphatic heterocycles. The van der Waals surface area contributed by atoms with Gasteiger partial charge in [-0.05, 0) is 55.8 Å². The van der Waals surface area contributed by atoms with E-state index in [-0.39, 0.29) is 11.7 Å². The van der Waals surface area contributed by atoms with E-state index in [9.17, 15) is 4.79 Å². The fourth-order valence-electron chi connectivity index (χ4n) is 3.38. The number of Topliss-reactive ketones (excluding diaryl/α,β-unsaturated/α-hetero) is 1. The first-order valence-corrected chi connectivity index (χ1v) is 8.73. The second kappa shape index (κ2) is 8.11. The standard InChI is InChI=1S/C21H25NO2/c1-24-19-12-10-18(11-13-19)21(23)20(17-8-4-2-5-9-17)16-22-14-6-3-7-15-22/h2,4-5,8-13,20H,3,6-7,14-16H2,1H3. The van der Waals surface area contributed by atoms with Crippen LogP contribution in [0, 0.1) is 0 Å². The monoisotopic (exact) mass is 323 g/mol. The van der Waals surface area contributed by atoms with Crippen LogP contribution in [0.4, 0.5) is 0 Å². The Morgan fingerprint density at radius 3 is 2.29 bits per heavy atom. The quantitative estimate of drug-likeness (QED) is 0.748. The Balaban J connectivity index is 1.83. The van der Waals surface area contributed by atoms with E-state index < -0.39 is 0 Å². The van der Waals surface area contributed by atoms with Crippen LogP contribution >= 0.6 is 0 Å². The van der Waals surface area contributed by atoms with Gasteiger partial charge in [0.05, 0.1) is 13.0 Å². The van der Waals surface area contributed by atoms with Gasteiger partial charge >= 0.3 is 0 Å². The number of hydrogen-bond acceptors (Lipinski definition) is 3. The zero-order valence-corrected chi connectivity index (χ0v) is 14.3. The molecule has 0 N–H and O–H groups in total. The summed E-state index contributed by atoms with van der Waals surface area (Å²) in [5.41, 5.74) is 1.85. The van der Waals surface area contributed by atoms with Crippen LogP contribution in [0.15, 0.2) is 54.6 Å². The molecule has 0 radical (unpaired) electrons. The SMILES string of the molecule is COc1ccc(C(=O)C(CN2CCCCC2)c2ccccc2)cc1. The third-order valence-corrected chi connectivity index (χ3v) is 4.78. The van der Waals surface area contributed by atoms with Gasteiger partial charge in [0.15, 0.2) is 5.78 Å². The van der Waals surface area contributed by atoms with Gasteiger partial charge in [-0.25, -0.2) is 0 Å². The first kappa shape index (κ1) is 16.7. The number of methoxy groups -OCH3 is 1. The maximum Gasteiger partial charge on any atom is 0.171 e. The number of rotatable bonds is 6. The summed E-state index contributed by atoms with van der Waals surface area (Å²) in [6.45, 7) is 2.99. The van der Waals surface area contributed by atoms with E-state index >= 15 is 0 Å². The minimum Gasteiger partial charge on any atom is -0.497 e. The van der Waals surface area contributed by atoms with Crippen LogP contribution in [0.3, 0.4) is 0 Å². The van der Waals surface area contributed by atoms with Gasteiger partial charge < -0.3 is 9.64 Å². The molecule has 1 fully saturated rings. The number of carbonyl (C=O) groups excluding carboxylic acids is 1. The van der Waals surface area contributed by atoms with E-state index in [4.69, 9.17) is 4.74 Å². The lowest BCUT2D eigenvalue weighted by Crippen LogP contribution is -2.35. The van der Waals surface area contributed by atoms with Crippen molar-refractivity contribution in [1.29, 1.82) is 0 Å². The van der Waals surface area contributed by atoms with Crippen molar-refractivity contribution >= 4 is 5.78 Å². The molecule has 2 aromatic carbocycles. The van der Waals surface area contributed by atoms with Crippen LogP contribution in [-0.4, -0.2) is 37.4 Å². The van der Waals surface area contributed by atoms with Gasteiger partial charge in [0.1, 0.15) is 5.75 Å². The minimum absolute atomic E-state index is 0.113. The molecule has 0 spiro atoms. The van der Waals surface area contributed by atoms with Crippen LogP contribution in [0.1, 0.15) is 41.1 Å². The number of piperidine rings is 1. The van der Waals surface area contributed by atoms with Crippen molar-refractivity contribution in [3.8, 4) is 5.75 Å². The molecule has 1 unspecified atom stereocenters. The van der Waals surface area contributed by atoms with Gasteiger partial charge in [-0.1, -0.05) is 36.8 Å². The number of ketones is 1. The maximum absolute atomic E-state index is 13.2. The van der Waals surface area contributed by atoms with Gasteiger partial charge in [0, 0.05) is 12.1 Å². The van der Waals surface area contributed by atoms with Crippen molar-refractivity contribution in [2.75, 3.05) is 26.7 Å². The second-order valence-electron chi connectivity index (χ2n) is 6.42. The Bertz CT molecular complexity index is 645. The summed E-state index contributed by atoms with van der Waals surface area (Å²) in [5, 5.41) is 0. The van der Waals surface area contributed by atoms with E-state index in [1.54, 1.807) is 7.11 Å². The molecule has 0 amide bonds. The molecule has 1 heterocycles. The molecule has 126 valence electrons. The van der Waals surface area contributed by atoms with Crippen LogP contribution in [0.25, 0.3) is 0 Å². The van der Waals surface area contributed by atoms with Crippen molar-refractivity contribution in [2.45, 2.75) is 25.2 Å². The fourth-order valence-corrected chi connectivity index (χ4v) is 3.38. The lowest BCUT2D eigenvalue weighted by atomic mass is 9.89. The van der Waals surface area contributed by atoms with E-state index in [0.717, 1.165) is 36.5 Å². The fraction of sp³-hybridized carbons (Fsp3) is 0.381. The smallest absolute Gasteiger partial charge is 0.171 e. The Morgan fingerprint density at radius 2 is 1.67 bits per heavy atom. The molecular weight excluding hydrogens is 298 g/mol. The van der Waals surface area contributed by atoms with Crippen molar-refractivity contribution in [2.24, 2.45) is 0 Å². The van der Waals surface area contributed by atoms with Crippen molar-refractivity contribution in [1.82, 2.24) is 4.90 Å². The molecule has 1 saturated heterocycles. The van der Waals surface area contributed by atoms with Crippen LogP contribution in [-0.2, 0) is 0 Å². The largest absolute Gasteiger partial charge is 0.497 e. The first-order chi connectivity index (χ1) is 11.8. The van der Waals surface area contributed by atoms with Crippen LogP contribution < -0.4 is 4.74 Å². The molecule has 2 aromatic rings. The zero-order chi connectivity index (χ0) is 16.8. The highest BCUT2D eigenvalue weighted by Gasteiger charge is 2.25. The number of likely N-dealkylation sites (tertiary alicyclic amines) is 1. The molecule has 0 aliphatic carbocycles. The lowest BCUT2D eigenvalue weighted by Gasteiger charge is -2.30. The summed E-state index contributed by atoms with van der Waals surface area (Å²) in [6, 6.07) is 17.6. The predicted octanol–water partition coefficient (Wildman–Crippen LogP) is 4.15. The molecule has 0 bridgehead atoms. The normalized spacial score (nSPS) is 16.5. The van der Waals surface area contributed by atoms with Crippen molar-refractivity contribution in [3.63, 3.8) is 0 Å². The second-order valence-corrected chi connectivity index (χ2v) is 6.42. The third kappa shape index (κ3) is 4.04. The van der Waals surface area contributed by atoms with E-state index in [0.29, 0.717) is 0 Å².